The lowest BCUT2D eigenvalue weighted by atomic mass is 10.1. The molecule has 1 aliphatic heterocycles. The molecule has 0 aliphatic carbocycles. The number of hydrogen-bond donors (Lipinski definition) is 2. The van der Waals surface area contributed by atoms with Crippen molar-refractivity contribution in [1.82, 2.24) is 35.2 Å². The number of halogens is 2. The van der Waals surface area contributed by atoms with Gasteiger partial charge in [0.25, 0.3) is 0 Å². The second-order valence-corrected chi connectivity index (χ2v) is 6.98. The molecule has 0 fully saturated rings. The first-order valence-electron chi connectivity index (χ1n) is 9.93. The highest BCUT2D eigenvalue weighted by atomic mass is 127. The third-order valence-corrected chi connectivity index (χ3v) is 4.86. The predicted octanol–water partition coefficient (Wildman–Crippen LogP) is 2.33. The molecule has 8 nitrogen and oxygen atoms in total. The summed E-state index contributed by atoms with van der Waals surface area (Å²) in [6.45, 7) is 4.27. The molecule has 10 heteroatoms. The summed E-state index contributed by atoms with van der Waals surface area (Å²) in [6.07, 6.45) is 6.14. The number of benzene rings is 1. The first-order valence-corrected chi connectivity index (χ1v) is 9.93. The lowest BCUT2D eigenvalue weighted by Gasteiger charge is -2.25. The van der Waals surface area contributed by atoms with E-state index >= 15 is 0 Å². The molecule has 2 N–H and O–H groups in total. The van der Waals surface area contributed by atoms with Gasteiger partial charge < -0.3 is 10.6 Å². The Kier molecular flexibility index (Phi) is 7.77. The molecule has 3 heterocycles. The van der Waals surface area contributed by atoms with Crippen LogP contribution in [0, 0.1) is 5.82 Å². The molecular formula is C20H26FIN8. The lowest BCUT2D eigenvalue weighted by Crippen LogP contribution is -2.47. The molecule has 0 saturated heterocycles. The van der Waals surface area contributed by atoms with Crippen LogP contribution in [0.3, 0.4) is 0 Å². The number of rotatable bonds is 6. The van der Waals surface area contributed by atoms with Gasteiger partial charge in [-0.25, -0.2) is 18.7 Å². The normalized spacial score (nSPS) is 15.9. The minimum Gasteiger partial charge on any atom is -0.357 e. The first-order chi connectivity index (χ1) is 14.2. The summed E-state index contributed by atoms with van der Waals surface area (Å²) >= 11 is 0. The van der Waals surface area contributed by atoms with Gasteiger partial charge in [-0.1, -0.05) is 0 Å². The van der Waals surface area contributed by atoms with Crippen molar-refractivity contribution in [2.45, 2.75) is 38.8 Å². The number of nitrogens with one attached hydrogen (secondary N) is 2. The zero-order valence-electron chi connectivity index (χ0n) is 16.8. The third kappa shape index (κ3) is 5.55. The molecule has 0 amide bonds. The monoisotopic (exact) mass is 524 g/mol. The fourth-order valence-electron chi connectivity index (χ4n) is 3.38. The van der Waals surface area contributed by atoms with E-state index in [4.69, 9.17) is 4.99 Å². The van der Waals surface area contributed by atoms with Gasteiger partial charge in [-0.15, -0.1) is 24.0 Å². The molecule has 30 heavy (non-hydrogen) atoms. The predicted molar refractivity (Wildman–Crippen MR) is 124 cm³/mol. The molecule has 0 saturated carbocycles. The molecule has 1 unspecified atom stereocenters. The summed E-state index contributed by atoms with van der Waals surface area (Å²) in [5.41, 5.74) is 1.78. The fraction of sp³-hybridized carbons (Fsp3) is 0.400. The number of nitrogens with zero attached hydrogens (tertiary/aromatic N) is 6. The summed E-state index contributed by atoms with van der Waals surface area (Å²) in [5, 5.41) is 15.6. The highest BCUT2D eigenvalue weighted by Gasteiger charge is 2.20. The van der Waals surface area contributed by atoms with Crippen molar-refractivity contribution >= 4 is 29.9 Å². The quantitative estimate of drug-likeness (QED) is 0.294. The van der Waals surface area contributed by atoms with Gasteiger partial charge in [0.05, 0.1) is 17.9 Å². The summed E-state index contributed by atoms with van der Waals surface area (Å²) in [4.78, 5) is 8.96. The van der Waals surface area contributed by atoms with Gasteiger partial charge in [0.15, 0.2) is 5.96 Å². The maximum Gasteiger partial charge on any atom is 0.191 e. The van der Waals surface area contributed by atoms with Crippen molar-refractivity contribution in [2.75, 3.05) is 13.1 Å². The molecule has 0 bridgehead atoms. The fourth-order valence-corrected chi connectivity index (χ4v) is 3.38. The second-order valence-electron chi connectivity index (χ2n) is 6.98. The van der Waals surface area contributed by atoms with E-state index < -0.39 is 0 Å². The smallest absolute Gasteiger partial charge is 0.191 e. The minimum absolute atomic E-state index is 0. The van der Waals surface area contributed by atoms with Crippen LogP contribution >= 0.6 is 24.0 Å². The van der Waals surface area contributed by atoms with Crippen molar-refractivity contribution in [3.63, 3.8) is 0 Å². The number of fused-ring (bicyclic) bond motifs is 1. The van der Waals surface area contributed by atoms with Gasteiger partial charge in [0.1, 0.15) is 18.0 Å². The maximum absolute atomic E-state index is 13.1. The Balaban J connectivity index is 0.00000256. The zero-order valence-corrected chi connectivity index (χ0v) is 19.2. The van der Waals surface area contributed by atoms with Gasteiger partial charge in [-0.2, -0.15) is 10.2 Å². The van der Waals surface area contributed by atoms with Crippen LogP contribution in [0.2, 0.25) is 0 Å². The van der Waals surface area contributed by atoms with Crippen LogP contribution in [0.4, 0.5) is 4.39 Å². The van der Waals surface area contributed by atoms with E-state index in [9.17, 15) is 4.39 Å². The van der Waals surface area contributed by atoms with Gasteiger partial charge in [-0.3, -0.25) is 4.99 Å². The van der Waals surface area contributed by atoms with Crippen LogP contribution < -0.4 is 10.6 Å². The van der Waals surface area contributed by atoms with Gasteiger partial charge in [0, 0.05) is 38.2 Å². The largest absolute Gasteiger partial charge is 0.357 e. The van der Waals surface area contributed by atoms with Crippen molar-refractivity contribution in [2.24, 2.45) is 4.99 Å². The zero-order chi connectivity index (χ0) is 20.1. The standard InChI is InChI=1S/C20H25FN8.HI/c1-2-22-20(26-17-5-8-19-24-14-25-29(19)13-17)23-11-9-16-10-12-28(27-16)18-6-3-15(21)4-7-18;/h3-4,6-7,10,12,14,17H,2,5,8-9,11,13H2,1H3,(H2,22,23,26);1H. The topological polar surface area (TPSA) is 84.9 Å². The second kappa shape index (κ2) is 10.5. The third-order valence-electron chi connectivity index (χ3n) is 4.86. The molecule has 2 aromatic heterocycles. The van der Waals surface area contributed by atoms with Crippen LogP contribution in [-0.2, 0) is 19.4 Å². The molecule has 0 spiro atoms. The van der Waals surface area contributed by atoms with Gasteiger partial charge >= 0.3 is 0 Å². The van der Waals surface area contributed by atoms with E-state index in [0.717, 1.165) is 55.5 Å². The SMILES string of the molecule is CCNC(=NCCc1ccn(-c2ccc(F)cc2)n1)NC1CCc2ncnn2C1.I. The van der Waals surface area contributed by atoms with E-state index in [1.807, 2.05) is 16.9 Å². The molecule has 3 aromatic rings. The molecule has 1 aliphatic rings. The van der Waals surface area contributed by atoms with Crippen LogP contribution in [0.5, 0.6) is 0 Å². The summed E-state index contributed by atoms with van der Waals surface area (Å²) in [7, 11) is 0. The molecule has 1 aromatic carbocycles. The Morgan fingerprint density at radius 3 is 2.90 bits per heavy atom. The van der Waals surface area contributed by atoms with Crippen LogP contribution in [0.1, 0.15) is 24.9 Å². The first kappa shape index (κ1) is 22.2. The summed E-state index contributed by atoms with van der Waals surface area (Å²) in [5.74, 6) is 1.60. The van der Waals surface area contributed by atoms with Crippen LogP contribution in [0.25, 0.3) is 5.69 Å². The van der Waals surface area contributed by atoms with E-state index in [1.165, 1.54) is 12.1 Å². The number of aryl methyl sites for hydroxylation is 1. The Bertz CT molecular complexity index is 965. The Hall–Kier alpha value is -2.50. The number of hydrogen-bond acceptors (Lipinski definition) is 4. The molecule has 160 valence electrons. The Morgan fingerprint density at radius 1 is 1.27 bits per heavy atom. The number of guanidine groups is 1. The maximum atomic E-state index is 13.1. The minimum atomic E-state index is -0.253. The number of aromatic nitrogens is 5. The van der Waals surface area contributed by atoms with Crippen LogP contribution in [-0.4, -0.2) is 49.6 Å². The van der Waals surface area contributed by atoms with Crippen molar-refractivity contribution < 1.29 is 4.39 Å². The molecule has 0 radical (unpaired) electrons. The molecule has 4 rings (SSSR count). The summed E-state index contributed by atoms with van der Waals surface area (Å²) in [6, 6.07) is 8.53. The molecular weight excluding hydrogens is 498 g/mol. The lowest BCUT2D eigenvalue weighted by molar-refractivity contribution is 0.393. The highest BCUT2D eigenvalue weighted by Crippen LogP contribution is 2.11. The van der Waals surface area contributed by atoms with E-state index in [2.05, 4.69) is 32.7 Å². The van der Waals surface area contributed by atoms with E-state index in [1.54, 1.807) is 23.1 Å². The van der Waals surface area contributed by atoms with Crippen LogP contribution in [0.15, 0.2) is 47.8 Å². The van der Waals surface area contributed by atoms with Gasteiger partial charge in [-0.05, 0) is 43.7 Å². The molecule has 1 atom stereocenters. The van der Waals surface area contributed by atoms with Gasteiger partial charge in [0.2, 0.25) is 0 Å². The Labute approximate surface area is 192 Å². The van der Waals surface area contributed by atoms with E-state index in [0.29, 0.717) is 6.54 Å². The average molecular weight is 524 g/mol. The summed E-state index contributed by atoms with van der Waals surface area (Å²) < 4.78 is 16.8. The van der Waals surface area contributed by atoms with E-state index in [-0.39, 0.29) is 35.8 Å². The number of aliphatic imine (C=N–C) groups is 1. The highest BCUT2D eigenvalue weighted by molar-refractivity contribution is 14.0. The average Bonchev–Trinajstić information content (AvgIpc) is 3.38. The van der Waals surface area contributed by atoms with Crippen molar-refractivity contribution in [1.29, 1.82) is 0 Å². The van der Waals surface area contributed by atoms with Crippen molar-refractivity contribution in [3.8, 4) is 5.69 Å². The Morgan fingerprint density at radius 2 is 2.10 bits per heavy atom. The van der Waals surface area contributed by atoms with Crippen molar-refractivity contribution in [3.05, 3.63) is 60.2 Å².